The minimum Gasteiger partial charge on any atom is -0.468 e. The van der Waals surface area contributed by atoms with Gasteiger partial charge in [-0.3, -0.25) is 4.90 Å². The van der Waals surface area contributed by atoms with Crippen molar-refractivity contribution < 1.29 is 27.8 Å². The predicted octanol–water partition coefficient (Wildman–Crippen LogP) is 5.78. The van der Waals surface area contributed by atoms with E-state index in [9.17, 15) is 9.50 Å². The first-order chi connectivity index (χ1) is 19.0. The Morgan fingerprint density at radius 1 is 0.949 bits per heavy atom. The number of hydrogen-bond acceptors (Lipinski definition) is 7. The second-order valence-corrected chi connectivity index (χ2v) is 9.18. The van der Waals surface area contributed by atoms with E-state index in [0.717, 1.165) is 22.6 Å². The molecule has 0 saturated heterocycles. The summed E-state index contributed by atoms with van der Waals surface area (Å²) in [5, 5.41) is 15.6. The number of ether oxygens (including phenoxy) is 2. The largest absolute Gasteiger partial charge is 0.468 e. The van der Waals surface area contributed by atoms with Gasteiger partial charge >= 0.3 is 0 Å². The molecule has 0 radical (unpaired) electrons. The highest BCUT2D eigenvalue weighted by molar-refractivity contribution is 5.65. The van der Waals surface area contributed by atoms with Gasteiger partial charge in [0.05, 0.1) is 37.3 Å². The smallest absolute Gasteiger partial charge is 0.222 e. The first-order valence-corrected chi connectivity index (χ1v) is 12.6. The van der Waals surface area contributed by atoms with Gasteiger partial charge in [-0.25, -0.2) is 9.07 Å². The summed E-state index contributed by atoms with van der Waals surface area (Å²) in [5.41, 5.74) is 2.44. The molecule has 1 atom stereocenters. The van der Waals surface area contributed by atoms with Crippen LogP contribution >= 0.6 is 0 Å². The summed E-state index contributed by atoms with van der Waals surface area (Å²) in [4.78, 5) is 2.04. The van der Waals surface area contributed by atoms with Crippen molar-refractivity contribution in [3.8, 4) is 22.9 Å². The van der Waals surface area contributed by atoms with Gasteiger partial charge in [-0.2, -0.15) is 5.10 Å². The molecule has 2 aromatic carbocycles. The van der Waals surface area contributed by atoms with E-state index in [-0.39, 0.29) is 13.2 Å². The summed E-state index contributed by atoms with van der Waals surface area (Å²) in [5.74, 6) is 1.89. The molecule has 0 unspecified atom stereocenters. The zero-order chi connectivity index (χ0) is 27.0. The van der Waals surface area contributed by atoms with Gasteiger partial charge in [-0.1, -0.05) is 36.4 Å². The molecule has 0 saturated carbocycles. The number of benzene rings is 2. The fourth-order valence-corrected chi connectivity index (χ4v) is 4.37. The van der Waals surface area contributed by atoms with Crippen molar-refractivity contribution in [2.24, 2.45) is 7.05 Å². The lowest BCUT2D eigenvalue weighted by atomic mass is 10.1. The molecule has 8 nitrogen and oxygen atoms in total. The molecular weight excluding hydrogens is 501 g/mol. The van der Waals surface area contributed by atoms with Crippen molar-refractivity contribution in [1.29, 1.82) is 0 Å². The number of nitrogens with zero attached hydrogens (tertiary/aromatic N) is 3. The van der Waals surface area contributed by atoms with Crippen molar-refractivity contribution in [2.45, 2.75) is 25.8 Å². The number of aryl methyl sites for hydroxylation is 1. The zero-order valence-electron chi connectivity index (χ0n) is 21.6. The maximum absolute atomic E-state index is 13.9. The number of aliphatic hydroxyl groups excluding tert-OH is 1. The van der Waals surface area contributed by atoms with Crippen LogP contribution in [0, 0.1) is 5.82 Å². The monoisotopic (exact) mass is 531 g/mol. The van der Waals surface area contributed by atoms with E-state index in [1.807, 2.05) is 53.4 Å². The van der Waals surface area contributed by atoms with Crippen molar-refractivity contribution in [2.75, 3.05) is 13.2 Å². The van der Waals surface area contributed by atoms with Gasteiger partial charge in [0, 0.05) is 31.8 Å². The van der Waals surface area contributed by atoms with E-state index < -0.39 is 11.9 Å². The SMILES string of the molecule is Cn1nc(-c2ccccc2)c(CN(Cc2ccco2)C[C@@H](O)COCc2ccco2)c1Oc1cccc(F)c1. The van der Waals surface area contributed by atoms with Gasteiger partial charge in [0.15, 0.2) is 0 Å². The molecule has 3 aromatic heterocycles. The molecule has 0 aliphatic rings. The molecule has 202 valence electrons. The maximum atomic E-state index is 13.9. The Morgan fingerprint density at radius 2 is 1.72 bits per heavy atom. The van der Waals surface area contributed by atoms with Crippen LogP contribution in [0.4, 0.5) is 4.39 Å². The molecule has 0 bridgehead atoms. The summed E-state index contributed by atoms with van der Waals surface area (Å²) < 4.78 is 38.3. The van der Waals surface area contributed by atoms with Gasteiger partial charge < -0.3 is 23.4 Å². The summed E-state index contributed by atoms with van der Waals surface area (Å²) in [7, 11) is 1.79. The van der Waals surface area contributed by atoms with Crippen LogP contribution in [0.3, 0.4) is 0 Å². The number of aromatic nitrogens is 2. The maximum Gasteiger partial charge on any atom is 0.222 e. The minimum atomic E-state index is -0.778. The third-order valence-electron chi connectivity index (χ3n) is 6.09. The van der Waals surface area contributed by atoms with E-state index in [4.69, 9.17) is 23.4 Å². The zero-order valence-corrected chi connectivity index (χ0v) is 21.6. The molecule has 5 rings (SSSR count). The van der Waals surface area contributed by atoms with E-state index in [1.165, 1.54) is 12.1 Å². The molecule has 0 amide bonds. The Labute approximate surface area is 225 Å². The molecule has 9 heteroatoms. The summed E-state index contributed by atoms with van der Waals surface area (Å²) >= 11 is 0. The number of halogens is 1. The van der Waals surface area contributed by atoms with Crippen LogP contribution in [0.1, 0.15) is 17.1 Å². The summed E-state index contributed by atoms with van der Waals surface area (Å²) in [6, 6.07) is 23.1. The second kappa shape index (κ2) is 12.6. The lowest BCUT2D eigenvalue weighted by Crippen LogP contribution is -2.34. The molecule has 39 heavy (non-hydrogen) atoms. The highest BCUT2D eigenvalue weighted by atomic mass is 19.1. The van der Waals surface area contributed by atoms with Crippen LogP contribution in [0.2, 0.25) is 0 Å². The fourth-order valence-electron chi connectivity index (χ4n) is 4.37. The van der Waals surface area contributed by atoms with Crippen LogP contribution in [0.25, 0.3) is 11.3 Å². The Morgan fingerprint density at radius 3 is 2.44 bits per heavy atom. The first-order valence-electron chi connectivity index (χ1n) is 12.6. The topological polar surface area (TPSA) is 86.0 Å². The van der Waals surface area contributed by atoms with Gasteiger partial charge in [0.2, 0.25) is 5.88 Å². The van der Waals surface area contributed by atoms with Gasteiger partial charge in [0.1, 0.15) is 35.4 Å². The Bertz CT molecular complexity index is 1440. The molecule has 0 aliphatic carbocycles. The van der Waals surface area contributed by atoms with Gasteiger partial charge in [-0.05, 0) is 36.4 Å². The second-order valence-electron chi connectivity index (χ2n) is 9.18. The molecule has 0 fully saturated rings. The predicted molar refractivity (Wildman–Crippen MR) is 142 cm³/mol. The number of hydrogen-bond donors (Lipinski definition) is 1. The Balaban J connectivity index is 1.41. The molecule has 0 spiro atoms. The quantitative estimate of drug-likeness (QED) is 0.206. The van der Waals surface area contributed by atoms with Crippen LogP contribution in [0.15, 0.2) is 100 Å². The number of rotatable bonds is 13. The van der Waals surface area contributed by atoms with Gasteiger partial charge in [0.25, 0.3) is 0 Å². The van der Waals surface area contributed by atoms with Crippen LogP contribution in [-0.2, 0) is 31.5 Å². The molecule has 1 N–H and O–H groups in total. The lowest BCUT2D eigenvalue weighted by molar-refractivity contribution is 0.00156. The number of aliphatic hydroxyl groups is 1. The molecule has 5 aromatic rings. The van der Waals surface area contributed by atoms with E-state index in [0.29, 0.717) is 37.0 Å². The Hall–Kier alpha value is -4.18. The van der Waals surface area contributed by atoms with Crippen molar-refractivity contribution in [1.82, 2.24) is 14.7 Å². The average molecular weight is 532 g/mol. The Kier molecular flexibility index (Phi) is 8.52. The third kappa shape index (κ3) is 7.02. The fraction of sp³-hybridized carbons (Fsp3) is 0.233. The standard InChI is InChI=1S/C30H30FN3O5/c1-33-30(39-25-11-5-10-23(31)16-25)28(29(32-33)22-8-3-2-4-9-22)19-34(18-26-12-6-14-37-26)17-24(35)20-36-21-27-13-7-15-38-27/h2-16,24,35H,17-21H2,1H3/t24-/m1/s1. The van der Waals surface area contributed by atoms with Crippen molar-refractivity contribution in [3.05, 3.63) is 114 Å². The van der Waals surface area contributed by atoms with Crippen molar-refractivity contribution in [3.63, 3.8) is 0 Å². The van der Waals surface area contributed by atoms with Crippen molar-refractivity contribution >= 4 is 0 Å². The minimum absolute atomic E-state index is 0.126. The van der Waals surface area contributed by atoms with E-state index in [2.05, 4.69) is 0 Å². The number of furan rings is 2. The van der Waals surface area contributed by atoms with Crippen LogP contribution in [-0.4, -0.2) is 39.0 Å². The molecule has 0 aliphatic heterocycles. The summed E-state index contributed by atoms with van der Waals surface area (Å²) in [6.07, 6.45) is 2.43. The lowest BCUT2D eigenvalue weighted by Gasteiger charge is -2.25. The first kappa shape index (κ1) is 26.4. The van der Waals surface area contributed by atoms with E-state index >= 15 is 0 Å². The molecule has 3 heterocycles. The third-order valence-corrected chi connectivity index (χ3v) is 6.09. The van der Waals surface area contributed by atoms with Crippen LogP contribution < -0.4 is 4.74 Å². The normalized spacial score (nSPS) is 12.2. The highest BCUT2D eigenvalue weighted by Gasteiger charge is 2.24. The van der Waals surface area contributed by atoms with E-state index in [1.54, 1.807) is 42.5 Å². The van der Waals surface area contributed by atoms with Gasteiger partial charge in [-0.15, -0.1) is 0 Å². The van der Waals surface area contributed by atoms with Crippen LogP contribution in [0.5, 0.6) is 11.6 Å². The average Bonchev–Trinajstić information content (AvgIpc) is 3.69. The summed E-state index contributed by atoms with van der Waals surface area (Å²) in [6.45, 7) is 1.50. The highest BCUT2D eigenvalue weighted by Crippen LogP contribution is 2.34. The molecular formula is C30H30FN3O5.